The van der Waals surface area contributed by atoms with Crippen LogP contribution >= 0.6 is 0 Å². The summed E-state index contributed by atoms with van der Waals surface area (Å²) in [5.74, 6) is 0. The van der Waals surface area contributed by atoms with Crippen molar-refractivity contribution in [2.45, 2.75) is 45.7 Å². The minimum Gasteiger partial charge on any atom is -0.399 e. The fourth-order valence-electron chi connectivity index (χ4n) is 1.67. The average Bonchev–Trinajstić information content (AvgIpc) is 2.21. The van der Waals surface area contributed by atoms with Crippen molar-refractivity contribution < 1.29 is 0 Å². The Morgan fingerprint density at radius 2 is 1.73 bits per heavy atom. The molecular formula is C13H22N2. The maximum Gasteiger partial charge on any atom is 0.0314 e. The fraction of sp³-hybridized carbons (Fsp3) is 0.538. The third kappa shape index (κ3) is 4.34. The molecule has 0 aromatic heterocycles. The van der Waals surface area contributed by atoms with Crippen LogP contribution in [0.25, 0.3) is 0 Å². The van der Waals surface area contributed by atoms with E-state index in [1.54, 1.807) is 0 Å². The number of hydrogen-bond donors (Lipinski definition) is 2. The van der Waals surface area contributed by atoms with Crippen molar-refractivity contribution >= 4 is 5.69 Å². The summed E-state index contributed by atoms with van der Waals surface area (Å²) in [4.78, 5) is 0. The first-order valence-corrected chi connectivity index (χ1v) is 5.72. The molecule has 1 aromatic carbocycles. The van der Waals surface area contributed by atoms with Crippen LogP contribution in [0.3, 0.4) is 0 Å². The van der Waals surface area contributed by atoms with Gasteiger partial charge in [-0.15, -0.1) is 0 Å². The lowest BCUT2D eigenvalue weighted by atomic mass is 10.1. The van der Waals surface area contributed by atoms with Crippen molar-refractivity contribution in [3.63, 3.8) is 0 Å². The quantitative estimate of drug-likeness (QED) is 0.727. The highest BCUT2D eigenvalue weighted by Crippen LogP contribution is 2.08. The van der Waals surface area contributed by atoms with Gasteiger partial charge in [-0.1, -0.05) is 19.1 Å². The third-order valence-electron chi connectivity index (χ3n) is 2.70. The van der Waals surface area contributed by atoms with Crippen LogP contribution in [-0.4, -0.2) is 12.1 Å². The molecule has 0 aliphatic rings. The first-order valence-electron chi connectivity index (χ1n) is 5.72. The lowest BCUT2D eigenvalue weighted by Crippen LogP contribution is -2.35. The maximum atomic E-state index is 5.64. The zero-order chi connectivity index (χ0) is 11.3. The van der Waals surface area contributed by atoms with Gasteiger partial charge in [0.2, 0.25) is 0 Å². The number of hydrogen-bond acceptors (Lipinski definition) is 2. The first-order chi connectivity index (χ1) is 7.11. The standard InChI is InChI=1S/C13H22N2/c1-4-10(2)15-11(3)9-12-5-7-13(14)8-6-12/h5-8,10-11,15H,4,9,14H2,1-3H3. The summed E-state index contributed by atoms with van der Waals surface area (Å²) < 4.78 is 0. The molecule has 15 heavy (non-hydrogen) atoms. The molecule has 2 nitrogen and oxygen atoms in total. The van der Waals surface area contributed by atoms with Crippen molar-refractivity contribution in [1.82, 2.24) is 5.32 Å². The number of rotatable bonds is 5. The van der Waals surface area contributed by atoms with Crippen molar-refractivity contribution in [3.05, 3.63) is 29.8 Å². The van der Waals surface area contributed by atoms with E-state index in [0.29, 0.717) is 12.1 Å². The highest BCUT2D eigenvalue weighted by Gasteiger charge is 2.06. The van der Waals surface area contributed by atoms with Gasteiger partial charge in [0, 0.05) is 17.8 Å². The molecule has 3 N–H and O–H groups in total. The largest absolute Gasteiger partial charge is 0.399 e. The van der Waals surface area contributed by atoms with Crippen LogP contribution in [0, 0.1) is 0 Å². The molecule has 84 valence electrons. The Labute approximate surface area is 92.9 Å². The van der Waals surface area contributed by atoms with Gasteiger partial charge in [-0.05, 0) is 44.4 Å². The first kappa shape index (κ1) is 12.1. The normalized spacial score (nSPS) is 14.9. The monoisotopic (exact) mass is 206 g/mol. The molecule has 2 unspecified atom stereocenters. The highest BCUT2D eigenvalue weighted by atomic mass is 14.9. The third-order valence-corrected chi connectivity index (χ3v) is 2.70. The predicted molar refractivity (Wildman–Crippen MR) is 66.9 cm³/mol. The molecule has 0 fully saturated rings. The Hall–Kier alpha value is -1.02. The number of nitrogens with two attached hydrogens (primary N) is 1. The van der Waals surface area contributed by atoms with Crippen LogP contribution in [0.2, 0.25) is 0 Å². The second kappa shape index (κ2) is 5.76. The molecule has 0 saturated carbocycles. The minimum atomic E-state index is 0.517. The van der Waals surface area contributed by atoms with Gasteiger partial charge in [0.15, 0.2) is 0 Å². The number of nitrogens with one attached hydrogen (secondary N) is 1. The van der Waals surface area contributed by atoms with Crippen molar-refractivity contribution in [3.8, 4) is 0 Å². The van der Waals surface area contributed by atoms with E-state index in [0.717, 1.165) is 12.1 Å². The summed E-state index contributed by atoms with van der Waals surface area (Å²) >= 11 is 0. The van der Waals surface area contributed by atoms with E-state index in [9.17, 15) is 0 Å². The Balaban J connectivity index is 2.44. The molecule has 0 radical (unpaired) electrons. The number of benzene rings is 1. The van der Waals surface area contributed by atoms with Crippen molar-refractivity contribution in [2.75, 3.05) is 5.73 Å². The van der Waals surface area contributed by atoms with E-state index in [-0.39, 0.29) is 0 Å². The van der Waals surface area contributed by atoms with Crippen LogP contribution in [0.4, 0.5) is 5.69 Å². The smallest absolute Gasteiger partial charge is 0.0314 e. The zero-order valence-corrected chi connectivity index (χ0v) is 9.96. The Bertz CT molecular complexity index is 279. The molecule has 2 atom stereocenters. The van der Waals surface area contributed by atoms with Gasteiger partial charge in [0.25, 0.3) is 0 Å². The zero-order valence-electron chi connectivity index (χ0n) is 9.96. The predicted octanol–water partition coefficient (Wildman–Crippen LogP) is 2.59. The van der Waals surface area contributed by atoms with E-state index in [1.165, 1.54) is 12.0 Å². The summed E-state index contributed by atoms with van der Waals surface area (Å²) in [7, 11) is 0. The van der Waals surface area contributed by atoms with E-state index < -0.39 is 0 Å². The van der Waals surface area contributed by atoms with Crippen LogP contribution < -0.4 is 11.1 Å². The lowest BCUT2D eigenvalue weighted by Gasteiger charge is -2.18. The van der Waals surface area contributed by atoms with Crippen LogP contribution in [0.1, 0.15) is 32.8 Å². The summed E-state index contributed by atoms with van der Waals surface area (Å²) in [6.45, 7) is 6.65. The lowest BCUT2D eigenvalue weighted by molar-refractivity contribution is 0.455. The van der Waals surface area contributed by atoms with Gasteiger partial charge >= 0.3 is 0 Å². The Morgan fingerprint density at radius 1 is 1.13 bits per heavy atom. The molecule has 0 aliphatic carbocycles. The molecule has 0 bridgehead atoms. The molecular weight excluding hydrogens is 184 g/mol. The van der Waals surface area contributed by atoms with E-state index >= 15 is 0 Å². The van der Waals surface area contributed by atoms with Crippen LogP contribution in [-0.2, 0) is 6.42 Å². The highest BCUT2D eigenvalue weighted by molar-refractivity contribution is 5.39. The minimum absolute atomic E-state index is 0.517. The second-order valence-electron chi connectivity index (χ2n) is 4.32. The summed E-state index contributed by atoms with van der Waals surface area (Å²) in [5.41, 5.74) is 7.82. The summed E-state index contributed by atoms with van der Waals surface area (Å²) in [6, 6.07) is 9.24. The Kier molecular flexibility index (Phi) is 4.63. The van der Waals surface area contributed by atoms with Crippen molar-refractivity contribution in [2.24, 2.45) is 0 Å². The van der Waals surface area contributed by atoms with E-state index in [4.69, 9.17) is 5.73 Å². The van der Waals surface area contributed by atoms with Gasteiger partial charge in [-0.3, -0.25) is 0 Å². The number of anilines is 1. The van der Waals surface area contributed by atoms with E-state index in [1.807, 2.05) is 12.1 Å². The fourth-order valence-corrected chi connectivity index (χ4v) is 1.67. The molecule has 1 aromatic rings. The van der Waals surface area contributed by atoms with Gasteiger partial charge < -0.3 is 11.1 Å². The molecule has 0 aliphatic heterocycles. The van der Waals surface area contributed by atoms with Crippen molar-refractivity contribution in [1.29, 1.82) is 0 Å². The molecule has 0 amide bonds. The molecule has 1 rings (SSSR count). The number of nitrogen functional groups attached to an aromatic ring is 1. The second-order valence-corrected chi connectivity index (χ2v) is 4.32. The van der Waals surface area contributed by atoms with Gasteiger partial charge in [-0.25, -0.2) is 0 Å². The maximum absolute atomic E-state index is 5.64. The average molecular weight is 206 g/mol. The Morgan fingerprint density at radius 3 is 2.27 bits per heavy atom. The molecule has 0 spiro atoms. The SMILES string of the molecule is CCC(C)NC(C)Cc1ccc(N)cc1. The summed E-state index contributed by atoms with van der Waals surface area (Å²) in [6.07, 6.45) is 2.23. The van der Waals surface area contributed by atoms with Gasteiger partial charge in [0.05, 0.1) is 0 Å². The van der Waals surface area contributed by atoms with Gasteiger partial charge in [0.1, 0.15) is 0 Å². The summed E-state index contributed by atoms with van der Waals surface area (Å²) in [5, 5.41) is 3.56. The van der Waals surface area contributed by atoms with Gasteiger partial charge in [-0.2, -0.15) is 0 Å². The topological polar surface area (TPSA) is 38.0 Å². The van der Waals surface area contributed by atoms with Crippen LogP contribution in [0.15, 0.2) is 24.3 Å². The van der Waals surface area contributed by atoms with Crippen LogP contribution in [0.5, 0.6) is 0 Å². The molecule has 2 heteroatoms. The molecule has 0 saturated heterocycles. The van der Waals surface area contributed by atoms with E-state index in [2.05, 4.69) is 38.2 Å². The molecule has 0 heterocycles.